The van der Waals surface area contributed by atoms with Gasteiger partial charge in [0.2, 0.25) is 0 Å². The Bertz CT molecular complexity index is 249. The van der Waals surface area contributed by atoms with Gasteiger partial charge >= 0.3 is 0 Å². The van der Waals surface area contributed by atoms with Crippen molar-refractivity contribution in [3.8, 4) is 6.07 Å². The van der Waals surface area contributed by atoms with E-state index in [-0.39, 0.29) is 0 Å². The first-order chi connectivity index (χ1) is 7.63. The fraction of sp³-hybridized carbons (Fsp3) is 0.923. The lowest BCUT2D eigenvalue weighted by Gasteiger charge is -2.31. The average Bonchev–Trinajstić information content (AvgIpc) is 2.36. The molecular weight excluding hydrogens is 200 g/mol. The highest BCUT2D eigenvalue weighted by Gasteiger charge is 2.26. The molecule has 0 saturated heterocycles. The molecule has 3 unspecified atom stereocenters. The summed E-state index contributed by atoms with van der Waals surface area (Å²) in [6, 6.07) is 2.26. The van der Waals surface area contributed by atoms with Gasteiger partial charge in [-0.3, -0.25) is 0 Å². The van der Waals surface area contributed by atoms with Crippen molar-refractivity contribution in [3.63, 3.8) is 0 Å². The van der Waals surface area contributed by atoms with E-state index in [1.165, 1.54) is 25.7 Å². The molecule has 3 atom stereocenters. The van der Waals surface area contributed by atoms with E-state index in [0.29, 0.717) is 12.7 Å². The van der Waals surface area contributed by atoms with Crippen LogP contribution in [0.2, 0.25) is 0 Å². The third-order valence-corrected chi connectivity index (χ3v) is 3.72. The maximum atomic E-state index is 9.02. The molecule has 1 N–H and O–H groups in total. The van der Waals surface area contributed by atoms with E-state index in [1.54, 1.807) is 0 Å². The Morgan fingerprint density at radius 1 is 1.50 bits per heavy atom. The summed E-state index contributed by atoms with van der Waals surface area (Å²) in [6.07, 6.45) is 6.55. The number of nitrogens with one attached hydrogen (secondary N) is 1. The molecule has 0 aromatic carbocycles. The SMILES string of the molecule is CCC1CCCC(OCC(C)(C#N)NC)C1. The molecule has 1 saturated carbocycles. The van der Waals surface area contributed by atoms with Gasteiger partial charge in [-0.05, 0) is 32.7 Å². The number of nitrogens with zero attached hydrogens (tertiary/aromatic N) is 1. The summed E-state index contributed by atoms with van der Waals surface area (Å²) in [5, 5.41) is 12.0. The van der Waals surface area contributed by atoms with Gasteiger partial charge in [0.1, 0.15) is 5.54 Å². The largest absolute Gasteiger partial charge is 0.375 e. The molecule has 0 amide bonds. The van der Waals surface area contributed by atoms with Gasteiger partial charge in [-0.1, -0.05) is 26.2 Å². The fourth-order valence-corrected chi connectivity index (χ4v) is 2.21. The molecule has 1 fully saturated rings. The van der Waals surface area contributed by atoms with Crippen molar-refractivity contribution in [2.24, 2.45) is 5.92 Å². The van der Waals surface area contributed by atoms with E-state index >= 15 is 0 Å². The van der Waals surface area contributed by atoms with Crippen molar-refractivity contribution in [3.05, 3.63) is 0 Å². The highest BCUT2D eigenvalue weighted by molar-refractivity contribution is 5.03. The lowest BCUT2D eigenvalue weighted by molar-refractivity contribution is -0.00567. The predicted octanol–water partition coefficient (Wildman–Crippen LogP) is 2.47. The summed E-state index contributed by atoms with van der Waals surface area (Å²) >= 11 is 0. The second-order valence-electron chi connectivity index (χ2n) is 5.07. The normalized spacial score (nSPS) is 29.4. The van der Waals surface area contributed by atoms with Gasteiger partial charge in [-0.25, -0.2) is 0 Å². The van der Waals surface area contributed by atoms with Crippen molar-refractivity contribution >= 4 is 0 Å². The van der Waals surface area contributed by atoms with Crippen molar-refractivity contribution in [2.45, 2.75) is 57.6 Å². The minimum Gasteiger partial charge on any atom is -0.375 e. The van der Waals surface area contributed by atoms with Crippen molar-refractivity contribution < 1.29 is 4.74 Å². The van der Waals surface area contributed by atoms with Crippen LogP contribution < -0.4 is 5.32 Å². The highest BCUT2D eigenvalue weighted by Crippen LogP contribution is 2.28. The Labute approximate surface area is 99.2 Å². The Hall–Kier alpha value is -0.590. The molecule has 0 aromatic heterocycles. The zero-order valence-electron chi connectivity index (χ0n) is 10.8. The molecule has 0 heterocycles. The monoisotopic (exact) mass is 224 g/mol. The third-order valence-electron chi connectivity index (χ3n) is 3.72. The van der Waals surface area contributed by atoms with Gasteiger partial charge in [0.25, 0.3) is 0 Å². The summed E-state index contributed by atoms with van der Waals surface area (Å²) in [4.78, 5) is 0. The van der Waals surface area contributed by atoms with E-state index in [4.69, 9.17) is 10.00 Å². The Balaban J connectivity index is 2.35. The van der Waals surface area contributed by atoms with Gasteiger partial charge in [0.05, 0.1) is 18.8 Å². The Morgan fingerprint density at radius 3 is 2.81 bits per heavy atom. The van der Waals surface area contributed by atoms with Gasteiger partial charge in [0.15, 0.2) is 0 Å². The summed E-state index contributed by atoms with van der Waals surface area (Å²) in [5.74, 6) is 0.821. The zero-order chi connectivity index (χ0) is 12.0. The molecule has 0 aromatic rings. The van der Waals surface area contributed by atoms with Crippen LogP contribution >= 0.6 is 0 Å². The van der Waals surface area contributed by atoms with E-state index in [2.05, 4.69) is 18.3 Å². The lowest BCUT2D eigenvalue weighted by atomic mass is 9.85. The number of nitriles is 1. The highest BCUT2D eigenvalue weighted by atomic mass is 16.5. The maximum absolute atomic E-state index is 9.02. The van der Waals surface area contributed by atoms with Gasteiger partial charge in [0, 0.05) is 0 Å². The quantitative estimate of drug-likeness (QED) is 0.780. The Kier molecular flexibility index (Phi) is 5.24. The van der Waals surface area contributed by atoms with Crippen LogP contribution in [0.4, 0.5) is 0 Å². The summed E-state index contributed by atoms with van der Waals surface area (Å²) in [7, 11) is 1.81. The molecule has 1 rings (SSSR count). The average molecular weight is 224 g/mol. The fourth-order valence-electron chi connectivity index (χ4n) is 2.21. The molecular formula is C13H24N2O. The van der Waals surface area contributed by atoms with Gasteiger partial charge in [-0.2, -0.15) is 5.26 Å². The maximum Gasteiger partial charge on any atom is 0.127 e. The van der Waals surface area contributed by atoms with Crippen LogP contribution in [-0.4, -0.2) is 25.3 Å². The third kappa shape index (κ3) is 3.77. The van der Waals surface area contributed by atoms with Crippen LogP contribution in [0.5, 0.6) is 0 Å². The molecule has 1 aliphatic carbocycles. The van der Waals surface area contributed by atoms with E-state index in [9.17, 15) is 0 Å². The molecule has 0 radical (unpaired) electrons. The minimum atomic E-state index is -0.543. The van der Waals surface area contributed by atoms with Crippen molar-refractivity contribution in [2.75, 3.05) is 13.7 Å². The molecule has 92 valence electrons. The summed E-state index contributed by atoms with van der Waals surface area (Å²) in [6.45, 7) is 4.62. The van der Waals surface area contributed by atoms with Crippen LogP contribution in [-0.2, 0) is 4.74 Å². The first kappa shape index (κ1) is 13.5. The zero-order valence-corrected chi connectivity index (χ0v) is 10.8. The van der Waals surface area contributed by atoms with E-state index < -0.39 is 5.54 Å². The number of likely N-dealkylation sites (N-methyl/N-ethyl adjacent to an activating group) is 1. The molecule has 0 spiro atoms. The minimum absolute atomic E-state index is 0.361. The second-order valence-corrected chi connectivity index (χ2v) is 5.07. The van der Waals surface area contributed by atoms with Gasteiger partial charge in [-0.15, -0.1) is 0 Å². The van der Waals surface area contributed by atoms with Crippen LogP contribution in [0.1, 0.15) is 46.0 Å². The summed E-state index contributed by atoms with van der Waals surface area (Å²) in [5.41, 5.74) is -0.543. The van der Waals surface area contributed by atoms with E-state index in [0.717, 1.165) is 12.3 Å². The van der Waals surface area contributed by atoms with E-state index in [1.807, 2.05) is 14.0 Å². The smallest absolute Gasteiger partial charge is 0.127 e. The Morgan fingerprint density at radius 2 is 2.25 bits per heavy atom. The molecule has 16 heavy (non-hydrogen) atoms. The molecule has 1 aliphatic rings. The van der Waals surface area contributed by atoms with Gasteiger partial charge < -0.3 is 10.1 Å². The number of ether oxygens (including phenoxy) is 1. The van der Waals surface area contributed by atoms with Crippen LogP contribution in [0.15, 0.2) is 0 Å². The van der Waals surface area contributed by atoms with Crippen LogP contribution in [0, 0.1) is 17.2 Å². The van der Waals surface area contributed by atoms with Crippen LogP contribution in [0.3, 0.4) is 0 Å². The lowest BCUT2D eigenvalue weighted by Crippen LogP contribution is -2.44. The molecule has 3 heteroatoms. The van der Waals surface area contributed by atoms with Crippen molar-refractivity contribution in [1.29, 1.82) is 5.26 Å². The predicted molar refractivity (Wildman–Crippen MR) is 65.1 cm³/mol. The first-order valence-corrected chi connectivity index (χ1v) is 6.35. The standard InChI is InChI=1S/C13H24N2O/c1-4-11-6-5-7-12(8-11)16-10-13(2,9-14)15-3/h11-12,15H,4-8,10H2,1-3H3. The molecule has 3 nitrogen and oxygen atoms in total. The first-order valence-electron chi connectivity index (χ1n) is 6.35. The van der Waals surface area contributed by atoms with Crippen molar-refractivity contribution in [1.82, 2.24) is 5.32 Å². The molecule has 0 bridgehead atoms. The second kappa shape index (κ2) is 6.22. The number of rotatable bonds is 5. The summed E-state index contributed by atoms with van der Waals surface area (Å²) < 4.78 is 5.88. The molecule has 0 aliphatic heterocycles. The topological polar surface area (TPSA) is 45.0 Å². The number of hydrogen-bond donors (Lipinski definition) is 1. The van der Waals surface area contributed by atoms with Crippen LogP contribution in [0.25, 0.3) is 0 Å². The number of hydrogen-bond acceptors (Lipinski definition) is 3.